The summed E-state index contributed by atoms with van der Waals surface area (Å²) in [5.41, 5.74) is 2.20. The third kappa shape index (κ3) is 5.61. The molecule has 0 aliphatic carbocycles. The minimum atomic E-state index is 0.0993. The highest BCUT2D eigenvalue weighted by Crippen LogP contribution is 2.31. The number of rotatable bonds is 10. The second-order valence-corrected chi connectivity index (χ2v) is 7.59. The number of hydrogen-bond acceptors (Lipinski definition) is 7. The number of methoxy groups -OCH3 is 5. The summed E-state index contributed by atoms with van der Waals surface area (Å²) < 4.78 is 27.9. The Bertz CT molecular complexity index is 787. The largest absolute Gasteiger partial charge is 0.497 e. The maximum absolute atomic E-state index is 5.84. The molecule has 7 heteroatoms. The molecule has 2 atom stereocenters. The quantitative estimate of drug-likeness (QED) is 0.621. The van der Waals surface area contributed by atoms with Crippen molar-refractivity contribution in [2.75, 3.05) is 48.6 Å². The summed E-state index contributed by atoms with van der Waals surface area (Å²) in [6, 6.07) is 12.2. The number of hydrogen-bond donors (Lipinski definition) is 1. The standard InChI is InChI=1S/C24H34N2O5/c1-27-19-8-6-17(22(12-19)29-3)15-26(21-10-11-25-14-24(21)31-5)16-18-7-9-20(28-2)13-23(18)30-4/h6-9,12-13,21,24-25H,10-11,14-16H2,1-5H3/t21-,24+/m1/s1. The highest BCUT2D eigenvalue weighted by atomic mass is 16.5. The van der Waals surface area contributed by atoms with Crippen LogP contribution < -0.4 is 24.3 Å². The molecule has 3 rings (SSSR count). The summed E-state index contributed by atoms with van der Waals surface area (Å²) in [5.74, 6) is 3.18. The van der Waals surface area contributed by atoms with Crippen LogP contribution in [-0.2, 0) is 17.8 Å². The molecule has 31 heavy (non-hydrogen) atoms. The van der Waals surface area contributed by atoms with E-state index in [1.54, 1.807) is 35.5 Å². The van der Waals surface area contributed by atoms with Crippen LogP contribution in [0.4, 0.5) is 0 Å². The zero-order valence-corrected chi connectivity index (χ0v) is 19.1. The van der Waals surface area contributed by atoms with Gasteiger partial charge >= 0.3 is 0 Å². The SMILES string of the molecule is COc1ccc(CN(Cc2ccc(OC)cc2OC)[C@@H]2CCNC[C@@H]2OC)c(OC)c1. The lowest BCUT2D eigenvalue weighted by Crippen LogP contribution is -2.53. The lowest BCUT2D eigenvalue weighted by atomic mass is 9.99. The maximum atomic E-state index is 5.84. The third-order valence-electron chi connectivity index (χ3n) is 5.90. The molecule has 1 aliphatic heterocycles. The average molecular weight is 431 g/mol. The van der Waals surface area contributed by atoms with Gasteiger partial charge in [-0.1, -0.05) is 12.1 Å². The monoisotopic (exact) mass is 430 g/mol. The first-order valence-corrected chi connectivity index (χ1v) is 10.5. The van der Waals surface area contributed by atoms with Gasteiger partial charge in [-0.25, -0.2) is 0 Å². The molecular formula is C24H34N2O5. The molecule has 0 aromatic heterocycles. The Labute approximate surface area is 185 Å². The van der Waals surface area contributed by atoms with E-state index < -0.39 is 0 Å². The van der Waals surface area contributed by atoms with Gasteiger partial charge in [-0.2, -0.15) is 0 Å². The highest BCUT2D eigenvalue weighted by molar-refractivity contribution is 5.42. The second kappa shape index (κ2) is 11.2. The third-order valence-corrected chi connectivity index (χ3v) is 5.90. The molecule has 1 heterocycles. The van der Waals surface area contributed by atoms with E-state index in [4.69, 9.17) is 23.7 Å². The van der Waals surface area contributed by atoms with Crippen molar-refractivity contribution >= 4 is 0 Å². The first-order valence-electron chi connectivity index (χ1n) is 10.5. The Morgan fingerprint density at radius 3 is 1.81 bits per heavy atom. The van der Waals surface area contributed by atoms with Crippen LogP contribution in [0.5, 0.6) is 23.0 Å². The van der Waals surface area contributed by atoms with Gasteiger partial charge in [0.2, 0.25) is 0 Å². The Hall–Kier alpha value is -2.48. The molecule has 0 bridgehead atoms. The van der Waals surface area contributed by atoms with Gasteiger partial charge in [0, 0.05) is 56.0 Å². The summed E-state index contributed by atoms with van der Waals surface area (Å²) in [7, 11) is 8.49. The number of benzene rings is 2. The van der Waals surface area contributed by atoms with E-state index in [9.17, 15) is 0 Å². The van der Waals surface area contributed by atoms with E-state index in [2.05, 4.69) is 22.3 Å². The molecule has 170 valence electrons. The normalized spacial score (nSPS) is 18.6. The molecule has 0 spiro atoms. The van der Waals surface area contributed by atoms with Crippen LogP contribution in [0.25, 0.3) is 0 Å². The zero-order valence-electron chi connectivity index (χ0n) is 19.1. The Kier molecular flexibility index (Phi) is 8.40. The van der Waals surface area contributed by atoms with E-state index in [0.29, 0.717) is 13.1 Å². The van der Waals surface area contributed by atoms with E-state index >= 15 is 0 Å². The minimum Gasteiger partial charge on any atom is -0.497 e. The van der Waals surface area contributed by atoms with Crippen molar-refractivity contribution in [1.82, 2.24) is 10.2 Å². The number of nitrogens with zero attached hydrogens (tertiary/aromatic N) is 1. The molecule has 0 unspecified atom stereocenters. The fraction of sp³-hybridized carbons (Fsp3) is 0.500. The summed E-state index contributed by atoms with van der Waals surface area (Å²) in [6.07, 6.45) is 1.09. The lowest BCUT2D eigenvalue weighted by Gasteiger charge is -2.40. The van der Waals surface area contributed by atoms with Crippen LogP contribution in [0.3, 0.4) is 0 Å². The van der Waals surface area contributed by atoms with Crippen molar-refractivity contribution in [3.8, 4) is 23.0 Å². The Balaban J connectivity index is 1.94. The van der Waals surface area contributed by atoms with E-state index in [-0.39, 0.29) is 12.1 Å². The van der Waals surface area contributed by atoms with E-state index in [1.165, 1.54) is 0 Å². The molecule has 7 nitrogen and oxygen atoms in total. The van der Waals surface area contributed by atoms with E-state index in [1.807, 2.05) is 24.3 Å². The average Bonchev–Trinajstić information content (AvgIpc) is 2.83. The van der Waals surface area contributed by atoms with Crippen molar-refractivity contribution in [2.24, 2.45) is 0 Å². The maximum Gasteiger partial charge on any atom is 0.127 e. The molecule has 0 amide bonds. The minimum absolute atomic E-state index is 0.0993. The van der Waals surface area contributed by atoms with Crippen LogP contribution in [-0.4, -0.2) is 65.7 Å². The molecule has 1 N–H and O–H groups in total. The van der Waals surface area contributed by atoms with Crippen molar-refractivity contribution in [3.63, 3.8) is 0 Å². The van der Waals surface area contributed by atoms with Gasteiger partial charge in [0.25, 0.3) is 0 Å². The van der Waals surface area contributed by atoms with Gasteiger partial charge in [-0.3, -0.25) is 4.90 Å². The molecule has 0 saturated carbocycles. The van der Waals surface area contributed by atoms with Gasteiger partial charge in [0.05, 0.1) is 34.5 Å². The van der Waals surface area contributed by atoms with Crippen molar-refractivity contribution in [3.05, 3.63) is 47.5 Å². The van der Waals surface area contributed by atoms with Crippen LogP contribution in [0, 0.1) is 0 Å². The molecule has 2 aromatic carbocycles. The van der Waals surface area contributed by atoms with Gasteiger partial charge in [-0.15, -0.1) is 0 Å². The summed E-state index contributed by atoms with van der Waals surface area (Å²) in [5, 5.41) is 3.44. The van der Waals surface area contributed by atoms with Crippen LogP contribution in [0.2, 0.25) is 0 Å². The molecule has 2 aromatic rings. The molecule has 1 fully saturated rings. The summed E-state index contributed by atoms with van der Waals surface area (Å²) >= 11 is 0. The fourth-order valence-electron chi connectivity index (χ4n) is 4.17. The van der Waals surface area contributed by atoms with Crippen molar-refractivity contribution in [2.45, 2.75) is 31.7 Å². The molecule has 1 aliphatic rings. The molecule has 1 saturated heterocycles. The Morgan fingerprint density at radius 2 is 1.35 bits per heavy atom. The van der Waals surface area contributed by atoms with Gasteiger partial charge in [-0.05, 0) is 25.1 Å². The van der Waals surface area contributed by atoms with Crippen LogP contribution in [0.1, 0.15) is 17.5 Å². The topological polar surface area (TPSA) is 61.4 Å². The predicted octanol–water partition coefficient (Wildman–Crippen LogP) is 3.10. The van der Waals surface area contributed by atoms with Gasteiger partial charge in [0.15, 0.2) is 0 Å². The number of piperidine rings is 1. The van der Waals surface area contributed by atoms with E-state index in [0.717, 1.165) is 53.6 Å². The first-order chi connectivity index (χ1) is 15.1. The smallest absolute Gasteiger partial charge is 0.127 e. The van der Waals surface area contributed by atoms with Crippen LogP contribution in [0.15, 0.2) is 36.4 Å². The highest BCUT2D eigenvalue weighted by Gasteiger charge is 2.31. The lowest BCUT2D eigenvalue weighted by molar-refractivity contribution is -0.00964. The summed E-state index contributed by atoms with van der Waals surface area (Å²) in [4.78, 5) is 2.45. The van der Waals surface area contributed by atoms with Crippen molar-refractivity contribution in [1.29, 1.82) is 0 Å². The number of ether oxygens (including phenoxy) is 5. The predicted molar refractivity (Wildman–Crippen MR) is 120 cm³/mol. The Morgan fingerprint density at radius 1 is 0.806 bits per heavy atom. The summed E-state index contributed by atoms with van der Waals surface area (Å²) in [6.45, 7) is 3.22. The molecular weight excluding hydrogens is 396 g/mol. The molecule has 0 radical (unpaired) electrons. The van der Waals surface area contributed by atoms with Gasteiger partial charge in [0.1, 0.15) is 23.0 Å². The van der Waals surface area contributed by atoms with Gasteiger partial charge < -0.3 is 29.0 Å². The zero-order chi connectivity index (χ0) is 22.2. The van der Waals surface area contributed by atoms with Crippen molar-refractivity contribution < 1.29 is 23.7 Å². The van der Waals surface area contributed by atoms with Crippen LogP contribution >= 0.6 is 0 Å². The number of nitrogens with one attached hydrogen (secondary N) is 1. The first kappa shape index (κ1) is 23.2. The second-order valence-electron chi connectivity index (χ2n) is 7.59. The fourth-order valence-corrected chi connectivity index (χ4v) is 4.17.